The van der Waals surface area contributed by atoms with Crippen molar-refractivity contribution >= 4 is 11.6 Å². The number of aliphatic hydroxyl groups is 1. The molecule has 2 nitrogen and oxygen atoms in total. The largest absolute Gasteiger partial charge is 0.389 e. The molecule has 1 N–H and O–H groups in total. The zero-order valence-corrected chi connectivity index (χ0v) is 8.18. The zero-order chi connectivity index (χ0) is 9.30. The summed E-state index contributed by atoms with van der Waals surface area (Å²) in [6, 6.07) is 0. The van der Waals surface area contributed by atoms with Gasteiger partial charge >= 0.3 is 0 Å². The van der Waals surface area contributed by atoms with Gasteiger partial charge in [-0.1, -0.05) is 11.6 Å². The molecule has 3 heteroatoms. The van der Waals surface area contributed by atoms with Crippen molar-refractivity contribution in [1.29, 1.82) is 0 Å². The summed E-state index contributed by atoms with van der Waals surface area (Å²) in [5, 5.41) is 9.85. The first kappa shape index (κ1) is 9.49. The highest BCUT2D eigenvalue weighted by Crippen LogP contribution is 2.23. The summed E-state index contributed by atoms with van der Waals surface area (Å²) < 4.78 is 0. The van der Waals surface area contributed by atoms with E-state index in [0.717, 1.165) is 16.7 Å². The topological polar surface area (TPSA) is 33.1 Å². The number of pyridine rings is 1. The van der Waals surface area contributed by atoms with Crippen LogP contribution in [-0.2, 0) is 0 Å². The molecule has 0 bridgehead atoms. The van der Waals surface area contributed by atoms with Crippen molar-refractivity contribution in [2.75, 3.05) is 0 Å². The number of aliphatic hydroxyl groups excluding tert-OH is 1. The Kier molecular flexibility index (Phi) is 2.70. The van der Waals surface area contributed by atoms with Crippen molar-refractivity contribution in [3.63, 3.8) is 0 Å². The summed E-state index contributed by atoms with van der Waals surface area (Å²) in [6.45, 7) is 5.55. The predicted octanol–water partition coefficient (Wildman–Crippen LogP) is 2.41. The Labute approximate surface area is 77.2 Å². The third kappa shape index (κ3) is 1.59. The average molecular weight is 186 g/mol. The molecule has 66 valence electrons. The second kappa shape index (κ2) is 3.42. The van der Waals surface area contributed by atoms with Gasteiger partial charge in [-0.15, -0.1) is 0 Å². The van der Waals surface area contributed by atoms with E-state index in [2.05, 4.69) is 4.98 Å². The molecular formula is C9H12ClNO. The van der Waals surface area contributed by atoms with Crippen LogP contribution in [0.3, 0.4) is 0 Å². The quantitative estimate of drug-likeness (QED) is 0.682. The molecule has 1 unspecified atom stereocenters. The van der Waals surface area contributed by atoms with E-state index in [9.17, 15) is 5.11 Å². The van der Waals surface area contributed by atoms with Crippen molar-refractivity contribution in [1.82, 2.24) is 4.98 Å². The van der Waals surface area contributed by atoms with E-state index in [-0.39, 0.29) is 0 Å². The maximum Gasteiger partial charge on any atom is 0.132 e. The van der Waals surface area contributed by atoms with Crippen LogP contribution in [0.5, 0.6) is 0 Å². The van der Waals surface area contributed by atoms with Crippen molar-refractivity contribution in [3.8, 4) is 0 Å². The molecule has 0 aliphatic heterocycles. The lowest BCUT2D eigenvalue weighted by atomic mass is 10.0. The molecule has 0 spiro atoms. The third-order valence-electron chi connectivity index (χ3n) is 2.07. The molecule has 1 heterocycles. The van der Waals surface area contributed by atoms with Crippen LogP contribution in [0.1, 0.15) is 29.7 Å². The minimum atomic E-state index is -0.478. The summed E-state index contributed by atoms with van der Waals surface area (Å²) in [7, 11) is 0. The summed E-state index contributed by atoms with van der Waals surface area (Å²) >= 11 is 5.80. The van der Waals surface area contributed by atoms with Gasteiger partial charge in [0.05, 0.1) is 6.10 Å². The van der Waals surface area contributed by atoms with E-state index < -0.39 is 6.10 Å². The SMILES string of the molecule is Cc1c(C(C)O)cnc(Cl)c1C. The van der Waals surface area contributed by atoms with Crippen LogP contribution in [0.2, 0.25) is 5.15 Å². The van der Waals surface area contributed by atoms with Crippen LogP contribution < -0.4 is 0 Å². The Morgan fingerprint density at radius 2 is 2.00 bits per heavy atom. The van der Waals surface area contributed by atoms with Crippen LogP contribution >= 0.6 is 11.6 Å². The van der Waals surface area contributed by atoms with Gasteiger partial charge in [0.15, 0.2) is 0 Å². The molecule has 1 aromatic rings. The van der Waals surface area contributed by atoms with E-state index >= 15 is 0 Å². The number of nitrogens with zero attached hydrogens (tertiary/aromatic N) is 1. The summed E-state index contributed by atoms with van der Waals surface area (Å²) in [4.78, 5) is 3.97. The van der Waals surface area contributed by atoms with Gasteiger partial charge in [-0.05, 0) is 31.9 Å². The van der Waals surface area contributed by atoms with Gasteiger partial charge in [-0.3, -0.25) is 0 Å². The standard InChI is InChI=1S/C9H12ClNO/c1-5-6(2)9(10)11-4-8(5)7(3)12/h4,7,12H,1-3H3. The molecule has 0 radical (unpaired) electrons. The first-order chi connectivity index (χ1) is 5.54. The van der Waals surface area contributed by atoms with Crippen LogP contribution in [0.15, 0.2) is 6.20 Å². The van der Waals surface area contributed by atoms with Gasteiger partial charge in [-0.2, -0.15) is 0 Å². The van der Waals surface area contributed by atoms with Crippen molar-refractivity contribution in [2.24, 2.45) is 0 Å². The molecule has 1 aromatic heterocycles. The normalized spacial score (nSPS) is 13.1. The first-order valence-electron chi connectivity index (χ1n) is 3.83. The van der Waals surface area contributed by atoms with Gasteiger partial charge in [0.1, 0.15) is 5.15 Å². The van der Waals surface area contributed by atoms with E-state index in [1.165, 1.54) is 0 Å². The number of halogens is 1. The van der Waals surface area contributed by atoms with Crippen molar-refractivity contribution in [3.05, 3.63) is 28.0 Å². The lowest BCUT2D eigenvalue weighted by molar-refractivity contribution is 0.198. The van der Waals surface area contributed by atoms with E-state index in [1.807, 2.05) is 13.8 Å². The minimum Gasteiger partial charge on any atom is -0.389 e. The average Bonchev–Trinajstić information content (AvgIpc) is 2.00. The maximum absolute atomic E-state index is 9.34. The van der Waals surface area contributed by atoms with Crippen molar-refractivity contribution in [2.45, 2.75) is 26.9 Å². The Bertz CT molecular complexity index is 297. The highest BCUT2D eigenvalue weighted by atomic mass is 35.5. The molecule has 1 atom stereocenters. The van der Waals surface area contributed by atoms with Crippen LogP contribution in [0.25, 0.3) is 0 Å². The molecule has 12 heavy (non-hydrogen) atoms. The highest BCUT2D eigenvalue weighted by Gasteiger charge is 2.09. The molecule has 0 saturated carbocycles. The number of rotatable bonds is 1. The van der Waals surface area contributed by atoms with Gasteiger partial charge < -0.3 is 5.11 Å². The number of hydrogen-bond acceptors (Lipinski definition) is 2. The fraction of sp³-hybridized carbons (Fsp3) is 0.444. The minimum absolute atomic E-state index is 0.478. The lowest BCUT2D eigenvalue weighted by Crippen LogP contribution is -1.99. The van der Waals surface area contributed by atoms with Crippen LogP contribution in [0.4, 0.5) is 0 Å². The van der Waals surface area contributed by atoms with E-state index in [4.69, 9.17) is 11.6 Å². The predicted molar refractivity (Wildman–Crippen MR) is 49.4 cm³/mol. The van der Waals surface area contributed by atoms with Crippen LogP contribution in [0, 0.1) is 13.8 Å². The Morgan fingerprint density at radius 1 is 1.42 bits per heavy atom. The van der Waals surface area contributed by atoms with Gasteiger partial charge in [0.2, 0.25) is 0 Å². The summed E-state index contributed by atoms with van der Waals surface area (Å²) in [5.74, 6) is 0. The first-order valence-corrected chi connectivity index (χ1v) is 4.21. The molecule has 0 fully saturated rings. The van der Waals surface area contributed by atoms with Gasteiger partial charge in [0.25, 0.3) is 0 Å². The monoisotopic (exact) mass is 185 g/mol. The fourth-order valence-corrected chi connectivity index (χ4v) is 1.30. The molecule has 0 amide bonds. The fourth-order valence-electron chi connectivity index (χ4n) is 1.11. The lowest BCUT2D eigenvalue weighted by Gasteiger charge is -2.10. The Morgan fingerprint density at radius 3 is 2.50 bits per heavy atom. The van der Waals surface area contributed by atoms with E-state index in [0.29, 0.717) is 5.15 Å². The summed E-state index contributed by atoms with van der Waals surface area (Å²) in [6.07, 6.45) is 1.14. The van der Waals surface area contributed by atoms with Crippen LogP contribution in [-0.4, -0.2) is 10.1 Å². The molecular weight excluding hydrogens is 174 g/mol. The summed E-state index contributed by atoms with van der Waals surface area (Å²) in [5.41, 5.74) is 2.80. The smallest absolute Gasteiger partial charge is 0.132 e. The molecule has 0 aliphatic rings. The Balaban J connectivity index is 3.27. The molecule has 1 rings (SSSR count). The highest BCUT2D eigenvalue weighted by molar-refractivity contribution is 6.30. The molecule has 0 aromatic carbocycles. The van der Waals surface area contributed by atoms with Gasteiger partial charge in [-0.25, -0.2) is 4.98 Å². The second-order valence-electron chi connectivity index (χ2n) is 2.93. The zero-order valence-electron chi connectivity index (χ0n) is 7.43. The molecule has 0 aliphatic carbocycles. The van der Waals surface area contributed by atoms with E-state index in [1.54, 1.807) is 13.1 Å². The van der Waals surface area contributed by atoms with Gasteiger partial charge in [0, 0.05) is 11.8 Å². The third-order valence-corrected chi connectivity index (χ3v) is 2.45. The Hall–Kier alpha value is -0.600. The van der Waals surface area contributed by atoms with Crippen molar-refractivity contribution < 1.29 is 5.11 Å². The number of aromatic nitrogens is 1. The molecule has 0 saturated heterocycles. The second-order valence-corrected chi connectivity index (χ2v) is 3.29. The maximum atomic E-state index is 9.34. The number of hydrogen-bond donors (Lipinski definition) is 1.